The highest BCUT2D eigenvalue weighted by Crippen LogP contribution is 2.31. The molecule has 1 aliphatic heterocycles. The van der Waals surface area contributed by atoms with Crippen LogP contribution in [0.25, 0.3) is 11.1 Å². The molecule has 1 aromatic heterocycles. The molecule has 0 unspecified atom stereocenters. The lowest BCUT2D eigenvalue weighted by molar-refractivity contribution is 0.0373. The van der Waals surface area contributed by atoms with Crippen LogP contribution in [0, 0.1) is 5.92 Å². The van der Waals surface area contributed by atoms with Crippen LogP contribution in [0.3, 0.4) is 0 Å². The Morgan fingerprint density at radius 3 is 2.46 bits per heavy atom. The van der Waals surface area contributed by atoms with Crippen molar-refractivity contribution in [1.82, 2.24) is 19.1 Å². The first-order valence-corrected chi connectivity index (χ1v) is 14.8. The van der Waals surface area contributed by atoms with Crippen molar-refractivity contribution in [3.63, 3.8) is 0 Å². The molecule has 11 heteroatoms. The molecule has 218 valence electrons. The molecule has 0 saturated carbocycles. The van der Waals surface area contributed by atoms with Gasteiger partial charge in [0.25, 0.3) is 11.8 Å². The largest absolute Gasteiger partial charge is 0.472 e. The molecule has 0 spiro atoms. The van der Waals surface area contributed by atoms with Crippen molar-refractivity contribution < 1.29 is 27.9 Å². The summed E-state index contributed by atoms with van der Waals surface area (Å²) >= 11 is 0. The second-order valence-electron chi connectivity index (χ2n) is 10.6. The number of carbonyl (C=O) groups excluding carboxylic acids is 2. The fourth-order valence-corrected chi connectivity index (χ4v) is 5.90. The average Bonchev–Trinajstić information content (AvgIpc) is 2.98. The third-order valence-electron chi connectivity index (χ3n) is 7.26. The molecule has 3 aromatic rings. The Morgan fingerprint density at radius 1 is 1.10 bits per heavy atom. The summed E-state index contributed by atoms with van der Waals surface area (Å²) in [7, 11) is 1.06. The molecule has 1 N–H and O–H groups in total. The zero-order valence-corrected chi connectivity index (χ0v) is 24.7. The first-order chi connectivity index (χ1) is 19.4. The number of ether oxygens (including phenoxy) is 1. The summed E-state index contributed by atoms with van der Waals surface area (Å²) in [5, 5.41) is 9.94. The second kappa shape index (κ2) is 12.4. The maximum Gasteiger partial charge on any atom is 0.259 e. The van der Waals surface area contributed by atoms with E-state index in [1.54, 1.807) is 74.6 Å². The summed E-state index contributed by atoms with van der Waals surface area (Å²) in [5.74, 6) is -0.715. The number of pyridine rings is 1. The Labute approximate surface area is 241 Å². The number of carbonyl (C=O) groups is 2. The number of aliphatic hydroxyl groups excluding tert-OH is 1. The minimum Gasteiger partial charge on any atom is -0.472 e. The van der Waals surface area contributed by atoms with Gasteiger partial charge in [0.1, 0.15) is 11.7 Å². The van der Waals surface area contributed by atoms with Gasteiger partial charge in [0.05, 0.1) is 24.1 Å². The highest BCUT2D eigenvalue weighted by Gasteiger charge is 2.36. The topological polar surface area (TPSA) is 120 Å². The number of aromatic nitrogens is 1. The van der Waals surface area contributed by atoms with Crippen LogP contribution >= 0.6 is 0 Å². The van der Waals surface area contributed by atoms with Crippen molar-refractivity contribution in [1.29, 1.82) is 0 Å². The number of sulfonamides is 1. The van der Waals surface area contributed by atoms with Crippen molar-refractivity contribution in [2.75, 3.05) is 40.8 Å². The maximum atomic E-state index is 13.8. The zero-order valence-electron chi connectivity index (χ0n) is 23.9. The van der Waals surface area contributed by atoms with Gasteiger partial charge in [-0.15, -0.1) is 0 Å². The maximum absolute atomic E-state index is 13.8. The number of benzene rings is 2. The fourth-order valence-electron chi connectivity index (χ4n) is 4.69. The number of likely N-dealkylation sites (N-methyl/N-ethyl adjacent to an activating group) is 1. The van der Waals surface area contributed by atoms with Gasteiger partial charge >= 0.3 is 0 Å². The van der Waals surface area contributed by atoms with E-state index in [-0.39, 0.29) is 53.8 Å². The van der Waals surface area contributed by atoms with Gasteiger partial charge in [-0.2, -0.15) is 4.31 Å². The summed E-state index contributed by atoms with van der Waals surface area (Å²) in [6.07, 6.45) is 0.928. The molecule has 2 aromatic carbocycles. The molecular formula is C30H36N4O6S. The molecule has 3 atom stereocenters. The minimum absolute atomic E-state index is 0.0193. The Morgan fingerprint density at radius 2 is 1.80 bits per heavy atom. The number of hydrogen-bond acceptors (Lipinski definition) is 7. The molecule has 4 rings (SSSR count). The molecule has 0 aliphatic carbocycles. The zero-order chi connectivity index (χ0) is 29.9. The summed E-state index contributed by atoms with van der Waals surface area (Å²) < 4.78 is 34.0. The highest BCUT2D eigenvalue weighted by atomic mass is 32.2. The normalized spacial score (nSPS) is 18.2. The molecule has 0 bridgehead atoms. The fraction of sp³-hybridized carbons (Fsp3) is 0.367. The predicted molar refractivity (Wildman–Crippen MR) is 155 cm³/mol. The molecule has 41 heavy (non-hydrogen) atoms. The van der Waals surface area contributed by atoms with Gasteiger partial charge in [-0.1, -0.05) is 37.3 Å². The Bertz CT molecular complexity index is 1510. The van der Waals surface area contributed by atoms with E-state index in [2.05, 4.69) is 4.98 Å². The quantitative estimate of drug-likeness (QED) is 0.435. The van der Waals surface area contributed by atoms with Gasteiger partial charge in [-0.05, 0) is 42.8 Å². The van der Waals surface area contributed by atoms with Crippen molar-refractivity contribution in [2.45, 2.75) is 30.9 Å². The number of nitrogens with zero attached hydrogens (tertiary/aromatic N) is 4. The van der Waals surface area contributed by atoms with E-state index in [0.29, 0.717) is 16.7 Å². The lowest BCUT2D eigenvalue weighted by Gasteiger charge is -2.37. The van der Waals surface area contributed by atoms with Crippen LogP contribution in [-0.4, -0.2) is 97.4 Å². The van der Waals surface area contributed by atoms with E-state index >= 15 is 0 Å². The Balaban J connectivity index is 1.73. The van der Waals surface area contributed by atoms with Crippen LogP contribution in [0.15, 0.2) is 71.8 Å². The molecule has 0 fully saturated rings. The smallest absolute Gasteiger partial charge is 0.259 e. The van der Waals surface area contributed by atoms with Gasteiger partial charge in [-0.3, -0.25) is 9.59 Å². The lowest BCUT2D eigenvalue weighted by atomic mass is 9.99. The van der Waals surface area contributed by atoms with E-state index in [0.717, 1.165) is 0 Å². The summed E-state index contributed by atoms with van der Waals surface area (Å²) in [6.45, 7) is 3.64. The number of amides is 2. The van der Waals surface area contributed by atoms with E-state index < -0.39 is 22.2 Å². The van der Waals surface area contributed by atoms with Crippen LogP contribution in [0.5, 0.6) is 5.88 Å². The number of hydrogen-bond donors (Lipinski definition) is 1. The van der Waals surface area contributed by atoms with E-state index in [4.69, 9.17) is 4.74 Å². The Hall–Kier alpha value is -3.80. The number of rotatable bonds is 8. The third-order valence-corrected chi connectivity index (χ3v) is 9.10. The molecule has 2 heterocycles. The monoisotopic (exact) mass is 580 g/mol. The van der Waals surface area contributed by atoms with Crippen LogP contribution in [0.4, 0.5) is 0 Å². The first kappa shape index (κ1) is 30.2. The Kier molecular flexibility index (Phi) is 9.11. The van der Waals surface area contributed by atoms with Gasteiger partial charge < -0.3 is 19.6 Å². The molecular weight excluding hydrogens is 544 g/mol. The van der Waals surface area contributed by atoms with E-state index in [1.165, 1.54) is 28.4 Å². The van der Waals surface area contributed by atoms with Crippen LogP contribution < -0.4 is 4.74 Å². The second-order valence-corrected chi connectivity index (χ2v) is 12.6. The van der Waals surface area contributed by atoms with Crippen LogP contribution in [-0.2, 0) is 10.0 Å². The molecule has 0 saturated heterocycles. The van der Waals surface area contributed by atoms with Gasteiger partial charge in [0.15, 0.2) is 0 Å². The van der Waals surface area contributed by atoms with Gasteiger partial charge in [0, 0.05) is 50.9 Å². The SMILES string of the molecule is C[C@H](CO)N1C[C@H](C)[C@H](CN(C)S(=O)(=O)c2ccccc2)Oc2ncc(-c3cccc(C(=O)N(C)C)c3)cc2C1=O. The van der Waals surface area contributed by atoms with E-state index in [1.807, 2.05) is 13.0 Å². The predicted octanol–water partition coefficient (Wildman–Crippen LogP) is 2.99. The lowest BCUT2D eigenvalue weighted by Crippen LogP contribution is -2.50. The molecule has 1 aliphatic rings. The van der Waals surface area contributed by atoms with Crippen molar-refractivity contribution in [2.24, 2.45) is 5.92 Å². The van der Waals surface area contributed by atoms with Gasteiger partial charge in [0.2, 0.25) is 15.9 Å². The molecule has 10 nitrogen and oxygen atoms in total. The average molecular weight is 581 g/mol. The highest BCUT2D eigenvalue weighted by molar-refractivity contribution is 7.89. The van der Waals surface area contributed by atoms with E-state index in [9.17, 15) is 23.1 Å². The minimum atomic E-state index is -3.78. The first-order valence-electron chi connectivity index (χ1n) is 13.4. The summed E-state index contributed by atoms with van der Waals surface area (Å²) in [5.41, 5.74) is 1.99. The van der Waals surface area contributed by atoms with Crippen molar-refractivity contribution >= 4 is 21.8 Å². The van der Waals surface area contributed by atoms with Crippen LogP contribution in [0.2, 0.25) is 0 Å². The number of aliphatic hydroxyl groups is 1. The summed E-state index contributed by atoms with van der Waals surface area (Å²) in [6, 6.07) is 16.4. The van der Waals surface area contributed by atoms with Gasteiger partial charge in [-0.25, -0.2) is 13.4 Å². The molecule has 2 amide bonds. The van der Waals surface area contributed by atoms with Crippen molar-refractivity contribution in [3.05, 3.63) is 78.0 Å². The number of fused-ring (bicyclic) bond motifs is 1. The van der Waals surface area contributed by atoms with Crippen molar-refractivity contribution in [3.8, 4) is 17.0 Å². The standard InChI is InChI=1S/C30H36N4O6S/c1-20-17-34(21(2)19-35)30(37)26-15-24(22-10-9-11-23(14-22)29(36)32(3)4)16-31-28(26)40-27(20)18-33(5)41(38,39)25-12-7-6-8-13-25/h6-16,20-21,27,35H,17-19H2,1-5H3/t20-,21+,27-/m0/s1. The third kappa shape index (κ3) is 6.42. The summed E-state index contributed by atoms with van der Waals surface area (Å²) in [4.78, 5) is 34.0. The van der Waals surface area contributed by atoms with Crippen LogP contribution in [0.1, 0.15) is 34.6 Å². The molecule has 0 radical (unpaired) electrons.